The van der Waals surface area contributed by atoms with Crippen LogP contribution < -0.4 is 4.74 Å². The Morgan fingerprint density at radius 1 is 1.24 bits per heavy atom. The molecule has 2 aliphatic heterocycles. The van der Waals surface area contributed by atoms with E-state index in [9.17, 15) is 9.59 Å². The van der Waals surface area contributed by atoms with Crippen molar-refractivity contribution in [2.75, 3.05) is 7.05 Å². The number of aliphatic carboxylic acids is 1. The number of carbonyl (C=O) groups excluding carboxylic acids is 1. The van der Waals surface area contributed by atoms with Gasteiger partial charge in [0.1, 0.15) is 5.75 Å². The topological polar surface area (TPSA) is 88.4 Å². The number of ether oxygens (including phenoxy) is 2. The van der Waals surface area contributed by atoms with Crippen molar-refractivity contribution in [2.45, 2.75) is 50.7 Å². The molecule has 1 aromatic carbocycles. The first-order chi connectivity index (χ1) is 14.0. The van der Waals surface area contributed by atoms with Crippen LogP contribution in [0.4, 0.5) is 4.79 Å². The van der Waals surface area contributed by atoms with E-state index in [1.807, 2.05) is 18.4 Å². The van der Waals surface area contributed by atoms with Crippen LogP contribution in [0.15, 0.2) is 47.6 Å². The Morgan fingerprint density at radius 3 is 2.76 bits per heavy atom. The van der Waals surface area contributed by atoms with Crippen molar-refractivity contribution in [2.24, 2.45) is 16.9 Å². The van der Waals surface area contributed by atoms with Crippen LogP contribution in [0, 0.1) is 11.8 Å². The number of rotatable bonds is 9. The number of hydrogen-bond donors (Lipinski definition) is 1. The van der Waals surface area contributed by atoms with E-state index in [2.05, 4.69) is 11.2 Å². The fraction of sp³-hybridized carbons (Fsp3) is 0.500. The maximum atomic E-state index is 12.2. The van der Waals surface area contributed by atoms with Crippen molar-refractivity contribution in [1.82, 2.24) is 5.01 Å². The van der Waals surface area contributed by atoms with Gasteiger partial charge < -0.3 is 14.6 Å². The number of amides is 1. The van der Waals surface area contributed by atoms with Gasteiger partial charge in [-0.05, 0) is 50.2 Å². The van der Waals surface area contributed by atoms with Crippen LogP contribution in [0.1, 0.15) is 38.5 Å². The third-order valence-corrected chi connectivity index (χ3v) is 5.45. The van der Waals surface area contributed by atoms with Gasteiger partial charge in [-0.2, -0.15) is 5.10 Å². The lowest BCUT2D eigenvalue weighted by Crippen LogP contribution is -2.30. The maximum absolute atomic E-state index is 12.2. The van der Waals surface area contributed by atoms with Gasteiger partial charge in [0.15, 0.2) is 0 Å². The van der Waals surface area contributed by atoms with E-state index in [0.717, 1.165) is 25.7 Å². The zero-order valence-electron chi connectivity index (χ0n) is 16.6. The Balaban J connectivity index is 1.51. The molecule has 0 radical (unpaired) electrons. The summed E-state index contributed by atoms with van der Waals surface area (Å²) in [5.41, 5.74) is 0. The van der Waals surface area contributed by atoms with E-state index in [1.165, 1.54) is 5.01 Å². The molecule has 0 spiro atoms. The normalized spacial score (nSPS) is 25.7. The van der Waals surface area contributed by atoms with E-state index in [1.54, 1.807) is 31.3 Å². The summed E-state index contributed by atoms with van der Waals surface area (Å²) in [6.07, 6.45) is 10.4. The van der Waals surface area contributed by atoms with Gasteiger partial charge in [0.2, 0.25) is 0 Å². The van der Waals surface area contributed by atoms with Crippen molar-refractivity contribution in [3.05, 3.63) is 42.5 Å². The fourth-order valence-electron chi connectivity index (χ4n) is 3.95. The van der Waals surface area contributed by atoms with Gasteiger partial charge >= 0.3 is 12.1 Å². The van der Waals surface area contributed by atoms with Gasteiger partial charge in [0.25, 0.3) is 0 Å². The van der Waals surface area contributed by atoms with E-state index in [4.69, 9.17) is 14.6 Å². The van der Waals surface area contributed by atoms with Crippen LogP contribution >= 0.6 is 0 Å². The predicted molar refractivity (Wildman–Crippen MR) is 109 cm³/mol. The molecule has 0 aliphatic carbocycles. The molecule has 4 atom stereocenters. The van der Waals surface area contributed by atoms with Crippen LogP contribution in [-0.4, -0.2) is 47.6 Å². The Bertz CT molecular complexity index is 749. The number of hydrazone groups is 1. The Kier molecular flexibility index (Phi) is 7.41. The Morgan fingerprint density at radius 2 is 2.00 bits per heavy atom. The van der Waals surface area contributed by atoms with Crippen LogP contribution in [0.3, 0.4) is 0 Å². The molecular formula is C22H28N2O5. The molecule has 1 aromatic rings. The molecule has 0 unspecified atom stereocenters. The third-order valence-electron chi connectivity index (χ3n) is 5.45. The molecule has 156 valence electrons. The Hall–Kier alpha value is -2.67. The highest BCUT2D eigenvalue weighted by Gasteiger charge is 2.47. The number of fused-ring (bicyclic) bond motifs is 2. The maximum Gasteiger partial charge on any atom is 0.435 e. The second-order valence-electron chi connectivity index (χ2n) is 7.49. The molecular weight excluding hydrogens is 372 g/mol. The van der Waals surface area contributed by atoms with Crippen molar-refractivity contribution in [3.8, 4) is 5.75 Å². The molecule has 2 bridgehead atoms. The standard InChI is InChI=1S/C22H28N2O5/c1-24(22(27)28-16-9-5-4-6-10-16)23-15-18-17(19-13-14-20(18)29-19)11-7-2-3-8-12-21(25)26/h2,4-7,9-10,15,17-20H,3,8,11-14H2,1H3,(H,25,26)/t17-,18-,19-,20+/m1/s1. The van der Waals surface area contributed by atoms with Crippen LogP contribution in [-0.2, 0) is 9.53 Å². The van der Waals surface area contributed by atoms with E-state index >= 15 is 0 Å². The first kappa shape index (κ1) is 21.0. The van der Waals surface area contributed by atoms with Crippen molar-refractivity contribution < 1.29 is 24.2 Å². The molecule has 2 heterocycles. The number of nitrogens with zero attached hydrogens (tertiary/aromatic N) is 2. The summed E-state index contributed by atoms with van der Waals surface area (Å²) in [5, 5.41) is 14.2. The van der Waals surface area contributed by atoms with Crippen LogP contribution in [0.25, 0.3) is 0 Å². The number of carboxylic acid groups (broad SMARTS) is 1. The van der Waals surface area contributed by atoms with Crippen molar-refractivity contribution >= 4 is 18.3 Å². The van der Waals surface area contributed by atoms with Gasteiger partial charge in [-0.25, -0.2) is 9.80 Å². The molecule has 2 fully saturated rings. The summed E-state index contributed by atoms with van der Waals surface area (Å²) in [4.78, 5) is 22.7. The van der Waals surface area contributed by atoms with Crippen molar-refractivity contribution in [3.63, 3.8) is 0 Å². The molecule has 7 heteroatoms. The zero-order valence-corrected chi connectivity index (χ0v) is 16.6. The molecule has 3 rings (SSSR count). The number of carbonyl (C=O) groups is 2. The van der Waals surface area contributed by atoms with Gasteiger partial charge in [0, 0.05) is 25.6 Å². The Labute approximate surface area is 171 Å². The van der Waals surface area contributed by atoms with E-state index < -0.39 is 12.1 Å². The van der Waals surface area contributed by atoms with E-state index in [-0.39, 0.29) is 24.5 Å². The third kappa shape index (κ3) is 5.90. The number of allylic oxidation sites excluding steroid dienone is 2. The highest BCUT2D eigenvalue weighted by atomic mass is 16.6. The smallest absolute Gasteiger partial charge is 0.435 e. The summed E-state index contributed by atoms with van der Waals surface area (Å²) >= 11 is 0. The number of unbranched alkanes of at least 4 members (excludes halogenated alkanes) is 1. The second kappa shape index (κ2) is 10.2. The number of para-hydroxylation sites is 1. The average Bonchev–Trinajstić information content (AvgIpc) is 3.31. The zero-order chi connectivity index (χ0) is 20.6. The highest BCUT2D eigenvalue weighted by Crippen LogP contribution is 2.44. The number of carboxylic acids is 1. The summed E-state index contributed by atoms with van der Waals surface area (Å²) in [6.45, 7) is 0. The first-order valence-corrected chi connectivity index (χ1v) is 10.1. The molecule has 2 saturated heterocycles. The molecule has 1 N–H and O–H groups in total. The van der Waals surface area contributed by atoms with Crippen molar-refractivity contribution in [1.29, 1.82) is 0 Å². The summed E-state index contributed by atoms with van der Waals surface area (Å²) in [6, 6.07) is 8.90. The fourth-order valence-corrected chi connectivity index (χ4v) is 3.95. The lowest BCUT2D eigenvalue weighted by Gasteiger charge is -2.24. The first-order valence-electron chi connectivity index (χ1n) is 10.1. The van der Waals surface area contributed by atoms with Crippen LogP contribution in [0.5, 0.6) is 5.75 Å². The van der Waals surface area contributed by atoms with Crippen LogP contribution in [0.2, 0.25) is 0 Å². The summed E-state index contributed by atoms with van der Waals surface area (Å²) in [7, 11) is 1.58. The molecule has 0 aromatic heterocycles. The average molecular weight is 400 g/mol. The van der Waals surface area contributed by atoms with E-state index in [0.29, 0.717) is 18.1 Å². The monoisotopic (exact) mass is 400 g/mol. The summed E-state index contributed by atoms with van der Waals surface area (Å²) < 4.78 is 11.3. The number of hydrogen-bond acceptors (Lipinski definition) is 5. The van der Waals surface area contributed by atoms with Gasteiger partial charge in [0.05, 0.1) is 12.2 Å². The van der Waals surface area contributed by atoms with Gasteiger partial charge in [-0.15, -0.1) is 0 Å². The molecule has 0 saturated carbocycles. The lowest BCUT2D eigenvalue weighted by molar-refractivity contribution is -0.137. The highest BCUT2D eigenvalue weighted by molar-refractivity contribution is 5.72. The summed E-state index contributed by atoms with van der Waals surface area (Å²) in [5.74, 6) is 0.205. The SMILES string of the molecule is CN(N=C[C@@H]1[C@@H](CC=CCCCC(=O)O)[C@H]2CC[C@@H]1O2)C(=O)Oc1ccccc1. The minimum Gasteiger partial charge on any atom is -0.481 e. The molecule has 29 heavy (non-hydrogen) atoms. The predicted octanol–water partition coefficient (Wildman–Crippen LogP) is 4.10. The molecule has 2 aliphatic rings. The largest absolute Gasteiger partial charge is 0.481 e. The number of benzene rings is 1. The molecule has 7 nitrogen and oxygen atoms in total. The quantitative estimate of drug-likeness (QED) is 0.292. The second-order valence-corrected chi connectivity index (χ2v) is 7.49. The van der Waals surface area contributed by atoms with Gasteiger partial charge in [-0.3, -0.25) is 4.79 Å². The lowest BCUT2D eigenvalue weighted by atomic mass is 9.78. The van der Waals surface area contributed by atoms with Gasteiger partial charge in [-0.1, -0.05) is 30.4 Å². The minimum absolute atomic E-state index is 0.146. The molecule has 1 amide bonds. The minimum atomic E-state index is -0.758.